The second-order valence-electron chi connectivity index (χ2n) is 8.62. The lowest BCUT2D eigenvalue weighted by atomic mass is 10.0. The standard InChI is InChI=1S/C24H18F3N5O2/c25-16-3-1-2-15(22(16)23-28-4-5-34-23)24(33)32-11-13-9-31(10-14(13)12-32)21-8-29-19-6-17(26)18(27)7-20(19)30-21/h1-8,13-14H,9-12H2. The number of oxazole rings is 1. The number of benzene rings is 2. The van der Waals surface area contributed by atoms with E-state index >= 15 is 0 Å². The number of amides is 1. The first-order valence-corrected chi connectivity index (χ1v) is 10.8. The molecule has 2 aromatic heterocycles. The van der Waals surface area contributed by atoms with E-state index < -0.39 is 17.5 Å². The molecule has 2 unspecified atom stereocenters. The van der Waals surface area contributed by atoms with Gasteiger partial charge in [0.2, 0.25) is 5.89 Å². The monoisotopic (exact) mass is 465 g/mol. The minimum atomic E-state index is -0.965. The van der Waals surface area contributed by atoms with Gasteiger partial charge in [0, 0.05) is 50.1 Å². The number of fused-ring (bicyclic) bond motifs is 2. The number of carbonyl (C=O) groups excluding carboxylic acids is 1. The maximum Gasteiger partial charge on any atom is 0.254 e. The average molecular weight is 465 g/mol. The van der Waals surface area contributed by atoms with Gasteiger partial charge in [0.05, 0.1) is 34.6 Å². The minimum absolute atomic E-state index is 0.0614. The van der Waals surface area contributed by atoms with Crippen molar-refractivity contribution in [1.29, 1.82) is 0 Å². The number of carbonyl (C=O) groups is 1. The Hall–Kier alpha value is -3.95. The molecule has 2 aliphatic heterocycles. The number of hydrogen-bond acceptors (Lipinski definition) is 6. The van der Waals surface area contributed by atoms with Crippen LogP contribution in [0.4, 0.5) is 19.0 Å². The van der Waals surface area contributed by atoms with Gasteiger partial charge in [-0.1, -0.05) is 6.07 Å². The van der Waals surface area contributed by atoms with E-state index in [1.807, 2.05) is 4.90 Å². The number of nitrogens with zero attached hydrogens (tertiary/aromatic N) is 5. The summed E-state index contributed by atoms with van der Waals surface area (Å²) in [6, 6.07) is 6.43. The predicted molar refractivity (Wildman–Crippen MR) is 116 cm³/mol. The fourth-order valence-corrected chi connectivity index (χ4v) is 4.93. The number of hydrogen-bond donors (Lipinski definition) is 0. The maximum absolute atomic E-state index is 14.6. The summed E-state index contributed by atoms with van der Waals surface area (Å²) in [5.41, 5.74) is 0.853. The van der Waals surface area contributed by atoms with Crippen molar-refractivity contribution in [1.82, 2.24) is 19.9 Å². The topological polar surface area (TPSA) is 75.4 Å². The third-order valence-corrected chi connectivity index (χ3v) is 6.56. The Bertz CT molecular complexity index is 1400. The molecule has 34 heavy (non-hydrogen) atoms. The van der Waals surface area contributed by atoms with E-state index in [1.165, 1.54) is 24.6 Å². The van der Waals surface area contributed by atoms with E-state index in [9.17, 15) is 18.0 Å². The van der Waals surface area contributed by atoms with Gasteiger partial charge in [0.1, 0.15) is 17.9 Å². The SMILES string of the molecule is O=C(c1cccc(F)c1-c1ncco1)N1CC2CN(c3cnc4cc(F)c(F)cc4n3)CC2C1. The molecular formula is C24H18F3N5O2. The summed E-state index contributed by atoms with van der Waals surface area (Å²) in [6.07, 6.45) is 4.30. The zero-order valence-electron chi connectivity index (χ0n) is 17.8. The molecule has 2 aromatic carbocycles. The molecule has 4 heterocycles. The lowest BCUT2D eigenvalue weighted by Gasteiger charge is -2.23. The molecule has 7 nitrogen and oxygen atoms in total. The van der Waals surface area contributed by atoms with Crippen LogP contribution in [0.5, 0.6) is 0 Å². The molecule has 0 N–H and O–H groups in total. The van der Waals surface area contributed by atoms with Gasteiger partial charge in [-0.15, -0.1) is 0 Å². The van der Waals surface area contributed by atoms with Crippen LogP contribution in [-0.2, 0) is 0 Å². The first-order chi connectivity index (χ1) is 16.5. The first kappa shape index (κ1) is 20.6. The van der Waals surface area contributed by atoms with Crippen LogP contribution in [0.1, 0.15) is 10.4 Å². The molecule has 0 aliphatic carbocycles. The molecular weight excluding hydrogens is 447 g/mol. The number of likely N-dealkylation sites (tertiary alicyclic amines) is 1. The van der Waals surface area contributed by atoms with Crippen LogP contribution in [-0.4, -0.2) is 51.9 Å². The minimum Gasteiger partial charge on any atom is -0.444 e. The molecule has 1 amide bonds. The maximum atomic E-state index is 14.6. The molecule has 6 rings (SSSR count). The highest BCUT2D eigenvalue weighted by Gasteiger charge is 2.42. The summed E-state index contributed by atoms with van der Waals surface area (Å²) in [5.74, 6) is -1.70. The zero-order valence-corrected chi connectivity index (χ0v) is 17.8. The highest BCUT2D eigenvalue weighted by molar-refractivity contribution is 6.00. The van der Waals surface area contributed by atoms with Crippen LogP contribution >= 0.6 is 0 Å². The van der Waals surface area contributed by atoms with E-state index in [4.69, 9.17) is 4.42 Å². The van der Waals surface area contributed by atoms with E-state index in [0.29, 0.717) is 32.0 Å². The lowest BCUT2D eigenvalue weighted by molar-refractivity contribution is 0.0782. The molecule has 172 valence electrons. The van der Waals surface area contributed by atoms with Crippen LogP contribution in [0.15, 0.2) is 53.4 Å². The summed E-state index contributed by atoms with van der Waals surface area (Å²) in [5, 5.41) is 0. The van der Waals surface area contributed by atoms with Gasteiger partial charge < -0.3 is 14.2 Å². The van der Waals surface area contributed by atoms with Crippen molar-refractivity contribution in [3.05, 3.63) is 72.0 Å². The van der Waals surface area contributed by atoms with Crippen molar-refractivity contribution in [2.24, 2.45) is 11.8 Å². The normalized spacial score (nSPS) is 19.7. The zero-order chi connectivity index (χ0) is 23.4. The van der Waals surface area contributed by atoms with E-state index in [-0.39, 0.29) is 45.8 Å². The van der Waals surface area contributed by atoms with E-state index in [2.05, 4.69) is 15.0 Å². The Labute approximate surface area is 191 Å². The number of anilines is 1. The third kappa shape index (κ3) is 3.37. The van der Waals surface area contributed by atoms with Gasteiger partial charge in [-0.3, -0.25) is 9.78 Å². The molecule has 2 fully saturated rings. The second kappa shape index (κ2) is 7.82. The van der Waals surface area contributed by atoms with Crippen molar-refractivity contribution >= 4 is 22.8 Å². The van der Waals surface area contributed by atoms with E-state index in [1.54, 1.807) is 17.2 Å². The largest absolute Gasteiger partial charge is 0.444 e. The summed E-state index contributed by atoms with van der Waals surface area (Å²) >= 11 is 0. The molecule has 0 saturated carbocycles. The Morgan fingerprint density at radius 2 is 1.68 bits per heavy atom. The van der Waals surface area contributed by atoms with Gasteiger partial charge in [-0.05, 0) is 12.1 Å². The first-order valence-electron chi connectivity index (χ1n) is 10.8. The second-order valence-corrected chi connectivity index (χ2v) is 8.62. The Kier molecular flexibility index (Phi) is 4.75. The lowest BCUT2D eigenvalue weighted by Crippen LogP contribution is -2.34. The smallest absolute Gasteiger partial charge is 0.254 e. The fraction of sp³-hybridized carbons (Fsp3) is 0.250. The quantitative estimate of drug-likeness (QED) is 0.457. The van der Waals surface area contributed by atoms with Gasteiger partial charge >= 0.3 is 0 Å². The Morgan fingerprint density at radius 1 is 0.941 bits per heavy atom. The van der Waals surface area contributed by atoms with Crippen molar-refractivity contribution in [3.8, 4) is 11.5 Å². The molecule has 0 radical (unpaired) electrons. The molecule has 4 aromatic rings. The molecule has 2 atom stereocenters. The summed E-state index contributed by atoms with van der Waals surface area (Å²) in [7, 11) is 0. The number of aromatic nitrogens is 3. The van der Waals surface area contributed by atoms with Gasteiger partial charge in [0.25, 0.3) is 5.91 Å². The molecule has 10 heteroatoms. The average Bonchev–Trinajstić information content (AvgIpc) is 3.56. The molecule has 2 aliphatic rings. The summed E-state index contributed by atoms with van der Waals surface area (Å²) in [6.45, 7) is 2.33. The van der Waals surface area contributed by atoms with Crippen molar-refractivity contribution in [2.75, 3.05) is 31.1 Å². The number of halogens is 3. The van der Waals surface area contributed by atoms with Crippen molar-refractivity contribution < 1.29 is 22.4 Å². The molecule has 0 bridgehead atoms. The van der Waals surface area contributed by atoms with Gasteiger partial charge in [-0.25, -0.2) is 23.1 Å². The van der Waals surface area contributed by atoms with Crippen LogP contribution in [0, 0.1) is 29.3 Å². The fourth-order valence-electron chi connectivity index (χ4n) is 4.93. The summed E-state index contributed by atoms with van der Waals surface area (Å²) < 4.78 is 46.9. The van der Waals surface area contributed by atoms with Crippen LogP contribution in [0.25, 0.3) is 22.5 Å². The molecule has 2 saturated heterocycles. The highest BCUT2D eigenvalue weighted by atomic mass is 19.2. The molecule has 0 spiro atoms. The van der Waals surface area contributed by atoms with Gasteiger partial charge in [-0.2, -0.15) is 0 Å². The van der Waals surface area contributed by atoms with Crippen LogP contribution in [0.2, 0.25) is 0 Å². The Balaban J connectivity index is 1.20. The van der Waals surface area contributed by atoms with Crippen LogP contribution < -0.4 is 4.90 Å². The van der Waals surface area contributed by atoms with Crippen molar-refractivity contribution in [3.63, 3.8) is 0 Å². The van der Waals surface area contributed by atoms with Crippen LogP contribution in [0.3, 0.4) is 0 Å². The summed E-state index contributed by atoms with van der Waals surface area (Å²) in [4.78, 5) is 29.8. The van der Waals surface area contributed by atoms with Gasteiger partial charge in [0.15, 0.2) is 11.6 Å². The van der Waals surface area contributed by atoms with E-state index in [0.717, 1.165) is 12.1 Å². The van der Waals surface area contributed by atoms with Crippen molar-refractivity contribution in [2.45, 2.75) is 0 Å². The Morgan fingerprint density at radius 3 is 2.38 bits per heavy atom. The predicted octanol–water partition coefficient (Wildman–Crippen LogP) is 3.91. The third-order valence-electron chi connectivity index (χ3n) is 6.56. The highest BCUT2D eigenvalue weighted by Crippen LogP contribution is 2.35. The number of rotatable bonds is 3.